The Bertz CT molecular complexity index is 687. The Morgan fingerprint density at radius 3 is 2.36 bits per heavy atom. The van der Waals surface area contributed by atoms with Crippen LogP contribution >= 0.6 is 0 Å². The van der Waals surface area contributed by atoms with Crippen molar-refractivity contribution in [1.82, 2.24) is 10.2 Å². The summed E-state index contributed by atoms with van der Waals surface area (Å²) in [5.74, 6) is -0.666. The van der Waals surface area contributed by atoms with E-state index < -0.39 is 5.82 Å². The summed E-state index contributed by atoms with van der Waals surface area (Å²) in [5.41, 5.74) is 2.27. The van der Waals surface area contributed by atoms with Gasteiger partial charge in [0, 0.05) is 13.1 Å². The van der Waals surface area contributed by atoms with E-state index in [4.69, 9.17) is 4.74 Å². The lowest BCUT2D eigenvalue weighted by Gasteiger charge is -2.20. The van der Waals surface area contributed by atoms with Crippen molar-refractivity contribution in [3.8, 4) is 5.75 Å². The van der Waals surface area contributed by atoms with Crippen LogP contribution in [0.25, 0.3) is 0 Å². The van der Waals surface area contributed by atoms with Crippen LogP contribution in [0, 0.1) is 5.82 Å². The second kappa shape index (κ2) is 9.79. The maximum atomic E-state index is 13.5. The molecule has 2 aromatic rings. The predicted molar refractivity (Wildman–Crippen MR) is 96.8 cm³/mol. The van der Waals surface area contributed by atoms with Gasteiger partial charge in [-0.05, 0) is 36.3 Å². The highest BCUT2D eigenvalue weighted by molar-refractivity contribution is 5.77. The smallest absolute Gasteiger partial charge is 0.258 e. The molecule has 4 nitrogen and oxygen atoms in total. The summed E-state index contributed by atoms with van der Waals surface area (Å²) in [6.07, 6.45) is 0. The third-order valence-corrected chi connectivity index (χ3v) is 4.08. The lowest BCUT2D eigenvalue weighted by atomic mass is 10.1. The number of benzene rings is 2. The van der Waals surface area contributed by atoms with Gasteiger partial charge in [-0.3, -0.25) is 9.69 Å². The monoisotopic (exact) mass is 344 g/mol. The maximum Gasteiger partial charge on any atom is 0.258 e. The first-order valence-electron chi connectivity index (χ1n) is 8.57. The fourth-order valence-electron chi connectivity index (χ4n) is 2.52. The lowest BCUT2D eigenvalue weighted by molar-refractivity contribution is -0.123. The molecule has 0 bridgehead atoms. The molecule has 0 aliphatic rings. The summed E-state index contributed by atoms with van der Waals surface area (Å²) in [7, 11) is 0. The van der Waals surface area contributed by atoms with Crippen LogP contribution in [-0.2, 0) is 17.9 Å². The Balaban J connectivity index is 1.88. The molecule has 0 saturated carbocycles. The number of hydrogen-bond acceptors (Lipinski definition) is 3. The molecule has 0 spiro atoms. The summed E-state index contributed by atoms with van der Waals surface area (Å²) in [5, 5.41) is 2.83. The van der Waals surface area contributed by atoms with Crippen LogP contribution < -0.4 is 10.1 Å². The fourth-order valence-corrected chi connectivity index (χ4v) is 2.52. The van der Waals surface area contributed by atoms with Crippen molar-refractivity contribution in [2.75, 3.05) is 19.7 Å². The largest absolute Gasteiger partial charge is 0.481 e. The molecule has 0 fully saturated rings. The highest BCUT2D eigenvalue weighted by atomic mass is 19.1. The van der Waals surface area contributed by atoms with Gasteiger partial charge in [0.1, 0.15) is 0 Å². The van der Waals surface area contributed by atoms with E-state index >= 15 is 0 Å². The fraction of sp³-hybridized carbons (Fsp3) is 0.350. The van der Waals surface area contributed by atoms with Gasteiger partial charge in [0.25, 0.3) is 5.91 Å². The van der Waals surface area contributed by atoms with Crippen molar-refractivity contribution in [3.05, 3.63) is 65.5 Å². The molecule has 0 heterocycles. The van der Waals surface area contributed by atoms with Crippen LogP contribution in [0.15, 0.2) is 48.5 Å². The summed E-state index contributed by atoms with van der Waals surface area (Å²) >= 11 is 0. The number of halogens is 1. The van der Waals surface area contributed by atoms with Gasteiger partial charge in [0.05, 0.1) is 0 Å². The van der Waals surface area contributed by atoms with E-state index in [-0.39, 0.29) is 18.3 Å². The Kier molecular flexibility index (Phi) is 7.41. The molecule has 0 aliphatic heterocycles. The minimum atomic E-state index is -0.472. The van der Waals surface area contributed by atoms with Gasteiger partial charge in [0.15, 0.2) is 18.2 Å². The van der Waals surface area contributed by atoms with Crippen molar-refractivity contribution in [1.29, 1.82) is 0 Å². The molecule has 0 saturated heterocycles. The standard InChI is InChI=1S/C20H25FN2O2/c1-3-23(4-2)14-17-10-6-5-9-16(17)13-22-20(24)15-25-19-12-8-7-11-18(19)21/h5-12H,3-4,13-15H2,1-2H3,(H,22,24). The molecular formula is C20H25FN2O2. The zero-order valence-corrected chi connectivity index (χ0v) is 14.8. The lowest BCUT2D eigenvalue weighted by Crippen LogP contribution is -2.29. The zero-order chi connectivity index (χ0) is 18.1. The second-order valence-corrected chi connectivity index (χ2v) is 5.73. The van der Waals surface area contributed by atoms with Crippen molar-refractivity contribution >= 4 is 5.91 Å². The molecule has 0 aromatic heterocycles. The van der Waals surface area contributed by atoms with Crippen molar-refractivity contribution in [2.24, 2.45) is 0 Å². The highest BCUT2D eigenvalue weighted by Gasteiger charge is 2.09. The average Bonchev–Trinajstić information content (AvgIpc) is 2.64. The molecule has 1 amide bonds. The summed E-state index contributed by atoms with van der Waals surface area (Å²) in [4.78, 5) is 14.3. The number of amides is 1. The number of rotatable bonds is 9. The third kappa shape index (κ3) is 5.87. The van der Waals surface area contributed by atoms with Crippen LogP contribution in [-0.4, -0.2) is 30.5 Å². The number of nitrogens with zero attached hydrogens (tertiary/aromatic N) is 1. The molecule has 0 unspecified atom stereocenters. The minimum absolute atomic E-state index is 0.0829. The maximum absolute atomic E-state index is 13.5. The quantitative estimate of drug-likeness (QED) is 0.758. The Morgan fingerprint density at radius 1 is 1.04 bits per heavy atom. The van der Waals surface area contributed by atoms with Crippen LogP contribution in [0.2, 0.25) is 0 Å². The van der Waals surface area contributed by atoms with Crippen molar-refractivity contribution in [3.63, 3.8) is 0 Å². The van der Waals surface area contributed by atoms with Gasteiger partial charge in [-0.15, -0.1) is 0 Å². The van der Waals surface area contributed by atoms with Crippen LogP contribution in [0.5, 0.6) is 5.75 Å². The van der Waals surface area contributed by atoms with Crippen molar-refractivity contribution in [2.45, 2.75) is 26.9 Å². The van der Waals surface area contributed by atoms with Gasteiger partial charge in [0.2, 0.25) is 0 Å². The van der Waals surface area contributed by atoms with Gasteiger partial charge in [-0.25, -0.2) is 4.39 Å². The van der Waals surface area contributed by atoms with E-state index in [1.54, 1.807) is 12.1 Å². The normalized spacial score (nSPS) is 10.7. The minimum Gasteiger partial charge on any atom is -0.481 e. The van der Waals surface area contributed by atoms with Gasteiger partial charge < -0.3 is 10.1 Å². The van der Waals surface area contributed by atoms with Crippen LogP contribution in [0.1, 0.15) is 25.0 Å². The molecule has 0 radical (unpaired) electrons. The number of para-hydroxylation sites is 1. The molecule has 0 atom stereocenters. The average molecular weight is 344 g/mol. The Hall–Kier alpha value is -2.40. The van der Waals surface area contributed by atoms with E-state index in [1.165, 1.54) is 17.7 Å². The van der Waals surface area contributed by atoms with Gasteiger partial charge in [-0.1, -0.05) is 50.2 Å². The molecular weight excluding hydrogens is 319 g/mol. The highest BCUT2D eigenvalue weighted by Crippen LogP contribution is 2.15. The van der Waals surface area contributed by atoms with E-state index in [0.717, 1.165) is 25.2 Å². The van der Waals surface area contributed by atoms with Crippen LogP contribution in [0.3, 0.4) is 0 Å². The number of ether oxygens (including phenoxy) is 1. The second-order valence-electron chi connectivity index (χ2n) is 5.73. The molecule has 134 valence electrons. The molecule has 2 rings (SSSR count). The SMILES string of the molecule is CCN(CC)Cc1ccccc1CNC(=O)COc1ccccc1F. The summed E-state index contributed by atoms with van der Waals surface area (Å²) in [6.45, 7) is 7.30. The van der Waals surface area contributed by atoms with Gasteiger partial charge in [-0.2, -0.15) is 0 Å². The first kappa shape index (κ1) is 18.9. The predicted octanol–water partition coefficient (Wildman–Crippen LogP) is 3.36. The van der Waals surface area contributed by atoms with E-state index in [1.807, 2.05) is 18.2 Å². The molecule has 25 heavy (non-hydrogen) atoms. The van der Waals surface area contributed by atoms with E-state index in [0.29, 0.717) is 6.54 Å². The summed E-state index contributed by atoms with van der Waals surface area (Å²) in [6, 6.07) is 14.1. The van der Waals surface area contributed by atoms with E-state index in [2.05, 4.69) is 30.1 Å². The van der Waals surface area contributed by atoms with E-state index in [9.17, 15) is 9.18 Å². The topological polar surface area (TPSA) is 41.6 Å². The number of carbonyl (C=O) groups is 1. The summed E-state index contributed by atoms with van der Waals surface area (Å²) < 4.78 is 18.7. The first-order valence-corrected chi connectivity index (χ1v) is 8.57. The number of carbonyl (C=O) groups excluding carboxylic acids is 1. The molecule has 0 aliphatic carbocycles. The van der Waals surface area contributed by atoms with Gasteiger partial charge >= 0.3 is 0 Å². The van der Waals surface area contributed by atoms with Crippen molar-refractivity contribution < 1.29 is 13.9 Å². The zero-order valence-electron chi connectivity index (χ0n) is 14.8. The molecule has 2 aromatic carbocycles. The number of hydrogen-bond donors (Lipinski definition) is 1. The van der Waals surface area contributed by atoms with Crippen LogP contribution in [0.4, 0.5) is 4.39 Å². The molecule has 1 N–H and O–H groups in total. The Morgan fingerprint density at radius 2 is 1.68 bits per heavy atom. The first-order chi connectivity index (χ1) is 12.1. The third-order valence-electron chi connectivity index (χ3n) is 4.08. The molecule has 5 heteroatoms. The Labute approximate surface area is 148 Å². The number of nitrogens with one attached hydrogen (secondary N) is 1.